The second kappa shape index (κ2) is 6.56. The highest BCUT2D eigenvalue weighted by Crippen LogP contribution is 2.22. The molecule has 2 heterocycles. The summed E-state index contributed by atoms with van der Waals surface area (Å²) in [5.74, 6) is 1.45. The Balaban J connectivity index is 1.85. The van der Waals surface area contributed by atoms with Gasteiger partial charge in [0.05, 0.1) is 6.54 Å². The Kier molecular flexibility index (Phi) is 4.99. The molecule has 1 fully saturated rings. The lowest BCUT2D eigenvalue weighted by atomic mass is 9.88. The third-order valence-corrected chi connectivity index (χ3v) is 4.14. The maximum absolute atomic E-state index is 12.1. The molecule has 4 nitrogen and oxygen atoms in total. The third-order valence-electron chi connectivity index (χ3n) is 4.14. The number of anilines is 1. The fourth-order valence-corrected chi connectivity index (χ4v) is 2.52. The van der Waals surface area contributed by atoms with Crippen molar-refractivity contribution in [3.8, 4) is 0 Å². The first kappa shape index (κ1) is 16.0. The van der Waals surface area contributed by atoms with E-state index < -0.39 is 0 Å². The lowest BCUT2D eigenvalue weighted by Crippen LogP contribution is -2.38. The maximum atomic E-state index is 12.1. The van der Waals surface area contributed by atoms with Gasteiger partial charge < -0.3 is 5.32 Å². The SMILES string of the molecule is CC1CCN(CC(=O)Nc2ccc(C(C)(C)C)cn2)CC1. The van der Waals surface area contributed by atoms with Gasteiger partial charge in [-0.05, 0) is 48.9 Å². The fourth-order valence-electron chi connectivity index (χ4n) is 2.52. The quantitative estimate of drug-likeness (QED) is 0.930. The summed E-state index contributed by atoms with van der Waals surface area (Å²) in [6.45, 7) is 11.2. The number of likely N-dealkylation sites (tertiary alicyclic amines) is 1. The summed E-state index contributed by atoms with van der Waals surface area (Å²) in [5, 5.41) is 2.89. The lowest BCUT2D eigenvalue weighted by Gasteiger charge is -2.29. The molecule has 1 N–H and O–H groups in total. The number of carbonyl (C=O) groups excluding carboxylic acids is 1. The number of carbonyl (C=O) groups is 1. The van der Waals surface area contributed by atoms with Crippen LogP contribution in [0.4, 0.5) is 5.82 Å². The third kappa shape index (κ3) is 4.81. The molecule has 0 aliphatic carbocycles. The van der Waals surface area contributed by atoms with Crippen LogP contribution in [0, 0.1) is 5.92 Å². The summed E-state index contributed by atoms with van der Waals surface area (Å²) in [6, 6.07) is 3.92. The molecule has 0 unspecified atom stereocenters. The van der Waals surface area contributed by atoms with Crippen molar-refractivity contribution in [1.82, 2.24) is 9.88 Å². The molecule has 0 aromatic carbocycles. The number of aromatic nitrogens is 1. The molecule has 4 heteroatoms. The molecular formula is C17H27N3O. The molecule has 1 saturated heterocycles. The van der Waals surface area contributed by atoms with Crippen LogP contribution in [-0.2, 0) is 10.2 Å². The van der Waals surface area contributed by atoms with Crippen molar-refractivity contribution >= 4 is 11.7 Å². The van der Waals surface area contributed by atoms with Crippen LogP contribution in [-0.4, -0.2) is 35.4 Å². The molecule has 1 aliphatic rings. The summed E-state index contributed by atoms with van der Waals surface area (Å²) in [4.78, 5) is 18.6. The number of hydrogen-bond acceptors (Lipinski definition) is 3. The predicted octanol–water partition coefficient (Wildman–Crippen LogP) is 3.05. The minimum Gasteiger partial charge on any atom is -0.310 e. The van der Waals surface area contributed by atoms with Gasteiger partial charge in [-0.15, -0.1) is 0 Å². The largest absolute Gasteiger partial charge is 0.310 e. The number of hydrogen-bond donors (Lipinski definition) is 1. The van der Waals surface area contributed by atoms with Gasteiger partial charge in [0.1, 0.15) is 5.82 Å². The second-order valence-electron chi connectivity index (χ2n) is 7.19. The van der Waals surface area contributed by atoms with Crippen molar-refractivity contribution in [3.05, 3.63) is 23.9 Å². The number of nitrogens with one attached hydrogen (secondary N) is 1. The van der Waals surface area contributed by atoms with Crippen LogP contribution < -0.4 is 5.32 Å². The summed E-state index contributed by atoms with van der Waals surface area (Å²) in [6.07, 6.45) is 4.22. The minimum atomic E-state index is 0.0283. The Morgan fingerprint density at radius 1 is 1.33 bits per heavy atom. The smallest absolute Gasteiger partial charge is 0.239 e. The van der Waals surface area contributed by atoms with Crippen LogP contribution >= 0.6 is 0 Å². The molecule has 1 aliphatic heterocycles. The van der Waals surface area contributed by atoms with Gasteiger partial charge in [0.15, 0.2) is 0 Å². The van der Waals surface area contributed by atoms with E-state index in [9.17, 15) is 4.79 Å². The lowest BCUT2D eigenvalue weighted by molar-refractivity contribution is -0.117. The van der Waals surface area contributed by atoms with E-state index in [1.54, 1.807) is 0 Å². The monoisotopic (exact) mass is 289 g/mol. The van der Waals surface area contributed by atoms with Crippen LogP contribution in [0.5, 0.6) is 0 Å². The second-order valence-corrected chi connectivity index (χ2v) is 7.19. The average Bonchev–Trinajstić information content (AvgIpc) is 2.41. The molecule has 1 amide bonds. The van der Waals surface area contributed by atoms with Gasteiger partial charge in [-0.1, -0.05) is 33.8 Å². The Morgan fingerprint density at radius 3 is 2.52 bits per heavy atom. The Morgan fingerprint density at radius 2 is 2.00 bits per heavy atom. The van der Waals surface area contributed by atoms with Crippen LogP contribution in [0.2, 0.25) is 0 Å². The van der Waals surface area contributed by atoms with Crippen LogP contribution in [0.3, 0.4) is 0 Å². The molecule has 1 aromatic rings. The molecule has 116 valence electrons. The zero-order valence-electron chi connectivity index (χ0n) is 13.6. The highest BCUT2D eigenvalue weighted by atomic mass is 16.2. The molecule has 0 spiro atoms. The molecule has 0 bridgehead atoms. The van der Waals surface area contributed by atoms with Gasteiger partial charge in [-0.3, -0.25) is 9.69 Å². The number of rotatable bonds is 3. The standard InChI is InChI=1S/C17H27N3O/c1-13-7-9-20(10-8-13)12-16(21)19-15-6-5-14(11-18-15)17(2,3)4/h5-6,11,13H,7-10,12H2,1-4H3,(H,18,19,21). The predicted molar refractivity (Wildman–Crippen MR) is 86.4 cm³/mol. The molecule has 1 aromatic heterocycles. The van der Waals surface area contributed by atoms with Crippen molar-refractivity contribution < 1.29 is 4.79 Å². The molecule has 2 rings (SSSR count). The molecule has 21 heavy (non-hydrogen) atoms. The van der Waals surface area contributed by atoms with Gasteiger partial charge in [-0.25, -0.2) is 4.98 Å². The van der Waals surface area contributed by atoms with E-state index >= 15 is 0 Å². The molecule has 0 radical (unpaired) electrons. The molecular weight excluding hydrogens is 262 g/mol. The summed E-state index contributed by atoms with van der Waals surface area (Å²) in [5.41, 5.74) is 1.26. The first-order valence-corrected chi connectivity index (χ1v) is 7.83. The van der Waals surface area contributed by atoms with E-state index in [0.717, 1.165) is 19.0 Å². The summed E-state index contributed by atoms with van der Waals surface area (Å²) >= 11 is 0. The number of nitrogens with zero attached hydrogens (tertiary/aromatic N) is 2. The van der Waals surface area contributed by atoms with Gasteiger partial charge >= 0.3 is 0 Å². The topological polar surface area (TPSA) is 45.2 Å². The average molecular weight is 289 g/mol. The van der Waals surface area contributed by atoms with Gasteiger partial charge in [-0.2, -0.15) is 0 Å². The van der Waals surface area contributed by atoms with Crippen molar-refractivity contribution in [1.29, 1.82) is 0 Å². The Labute approximate surface area is 127 Å². The van der Waals surface area contributed by atoms with E-state index in [-0.39, 0.29) is 11.3 Å². The molecule has 0 saturated carbocycles. The zero-order valence-corrected chi connectivity index (χ0v) is 13.6. The van der Waals surface area contributed by atoms with E-state index in [1.165, 1.54) is 18.4 Å². The molecule has 0 atom stereocenters. The number of pyridine rings is 1. The Hall–Kier alpha value is -1.42. The normalized spacial score (nSPS) is 17.7. The summed E-state index contributed by atoms with van der Waals surface area (Å²) < 4.78 is 0. The van der Waals surface area contributed by atoms with Crippen molar-refractivity contribution in [3.63, 3.8) is 0 Å². The van der Waals surface area contributed by atoms with Gasteiger partial charge in [0, 0.05) is 6.20 Å². The van der Waals surface area contributed by atoms with E-state index in [0.29, 0.717) is 12.4 Å². The first-order valence-electron chi connectivity index (χ1n) is 7.83. The minimum absolute atomic E-state index is 0.0283. The van der Waals surface area contributed by atoms with E-state index in [2.05, 4.69) is 42.9 Å². The van der Waals surface area contributed by atoms with Gasteiger partial charge in [0.2, 0.25) is 5.91 Å². The van der Waals surface area contributed by atoms with Crippen LogP contribution in [0.25, 0.3) is 0 Å². The van der Waals surface area contributed by atoms with Crippen molar-refractivity contribution in [2.75, 3.05) is 25.0 Å². The fraction of sp³-hybridized carbons (Fsp3) is 0.647. The van der Waals surface area contributed by atoms with Crippen LogP contribution in [0.15, 0.2) is 18.3 Å². The first-order chi connectivity index (χ1) is 9.84. The summed E-state index contributed by atoms with van der Waals surface area (Å²) in [7, 11) is 0. The van der Waals surface area contributed by atoms with Crippen molar-refractivity contribution in [2.45, 2.75) is 46.0 Å². The van der Waals surface area contributed by atoms with E-state index in [4.69, 9.17) is 0 Å². The highest BCUT2D eigenvalue weighted by molar-refractivity contribution is 5.91. The van der Waals surface area contributed by atoms with Gasteiger partial charge in [0.25, 0.3) is 0 Å². The Bertz CT molecular complexity index is 468. The maximum Gasteiger partial charge on any atom is 0.239 e. The highest BCUT2D eigenvalue weighted by Gasteiger charge is 2.18. The van der Waals surface area contributed by atoms with Crippen molar-refractivity contribution in [2.24, 2.45) is 5.92 Å². The van der Waals surface area contributed by atoms with Crippen LogP contribution in [0.1, 0.15) is 46.1 Å². The number of piperidine rings is 1. The number of amides is 1. The van der Waals surface area contributed by atoms with E-state index in [1.807, 2.05) is 18.3 Å². The zero-order chi connectivity index (χ0) is 15.5.